The summed E-state index contributed by atoms with van der Waals surface area (Å²) in [6.07, 6.45) is 0. The molecule has 0 aliphatic carbocycles. The van der Waals surface area contributed by atoms with Gasteiger partial charge in [-0.25, -0.2) is 0 Å². The number of hydrogen-bond acceptors (Lipinski definition) is 4. The van der Waals surface area contributed by atoms with Crippen LogP contribution in [-0.4, -0.2) is 26.4 Å². The monoisotopic (exact) mass is 197 g/mol. The molecule has 0 amide bonds. The molecule has 1 aromatic rings. The SMILES string of the molecule is CNCc1cc(OC)c(O)c(OC)c1. The Morgan fingerprint density at radius 2 is 1.71 bits per heavy atom. The summed E-state index contributed by atoms with van der Waals surface area (Å²) in [5.74, 6) is 0.888. The van der Waals surface area contributed by atoms with Crippen LogP contribution in [0.2, 0.25) is 0 Å². The summed E-state index contributed by atoms with van der Waals surface area (Å²) >= 11 is 0. The van der Waals surface area contributed by atoms with Crippen molar-refractivity contribution < 1.29 is 14.6 Å². The molecule has 0 atom stereocenters. The van der Waals surface area contributed by atoms with Gasteiger partial charge in [0.1, 0.15) is 0 Å². The number of phenolic OH excluding ortho intramolecular Hbond substituents is 1. The summed E-state index contributed by atoms with van der Waals surface area (Å²) in [6.45, 7) is 0.701. The van der Waals surface area contributed by atoms with E-state index in [1.165, 1.54) is 14.2 Å². The molecule has 78 valence electrons. The number of hydrogen-bond donors (Lipinski definition) is 2. The zero-order valence-corrected chi connectivity index (χ0v) is 8.63. The van der Waals surface area contributed by atoms with Gasteiger partial charge in [-0.3, -0.25) is 0 Å². The fourth-order valence-electron chi connectivity index (χ4n) is 1.25. The van der Waals surface area contributed by atoms with Gasteiger partial charge in [-0.2, -0.15) is 0 Å². The Kier molecular flexibility index (Phi) is 3.59. The van der Waals surface area contributed by atoms with E-state index in [1.54, 1.807) is 12.1 Å². The van der Waals surface area contributed by atoms with Gasteiger partial charge in [0.25, 0.3) is 0 Å². The van der Waals surface area contributed by atoms with Crippen molar-refractivity contribution in [3.8, 4) is 17.2 Å². The molecule has 0 unspecified atom stereocenters. The van der Waals surface area contributed by atoms with Crippen LogP contribution in [0, 0.1) is 0 Å². The van der Waals surface area contributed by atoms with E-state index in [0.717, 1.165) is 5.56 Å². The normalized spacial score (nSPS) is 9.93. The van der Waals surface area contributed by atoms with Gasteiger partial charge in [0, 0.05) is 6.54 Å². The Hall–Kier alpha value is -1.42. The molecule has 0 aliphatic rings. The van der Waals surface area contributed by atoms with Crippen LogP contribution < -0.4 is 14.8 Å². The lowest BCUT2D eigenvalue weighted by Crippen LogP contribution is -2.05. The van der Waals surface area contributed by atoms with E-state index in [0.29, 0.717) is 18.0 Å². The van der Waals surface area contributed by atoms with Crippen LogP contribution in [0.1, 0.15) is 5.56 Å². The molecule has 1 aromatic carbocycles. The number of rotatable bonds is 4. The first-order valence-electron chi connectivity index (χ1n) is 4.31. The Balaban J connectivity index is 3.11. The predicted octanol–water partition coefficient (Wildman–Crippen LogP) is 1.13. The molecule has 4 heteroatoms. The van der Waals surface area contributed by atoms with Crippen LogP contribution in [-0.2, 0) is 6.54 Å². The summed E-state index contributed by atoms with van der Waals surface area (Å²) in [6, 6.07) is 3.54. The molecule has 0 spiro atoms. The second-order valence-corrected chi connectivity index (χ2v) is 2.88. The van der Waals surface area contributed by atoms with Gasteiger partial charge < -0.3 is 19.9 Å². The van der Waals surface area contributed by atoms with Crippen molar-refractivity contribution in [3.05, 3.63) is 17.7 Å². The number of nitrogens with one attached hydrogen (secondary N) is 1. The van der Waals surface area contributed by atoms with Crippen molar-refractivity contribution >= 4 is 0 Å². The smallest absolute Gasteiger partial charge is 0.200 e. The van der Waals surface area contributed by atoms with Crippen molar-refractivity contribution in [3.63, 3.8) is 0 Å². The predicted molar refractivity (Wildman–Crippen MR) is 54.0 cm³/mol. The Labute approximate surface area is 83.5 Å². The van der Waals surface area contributed by atoms with E-state index in [2.05, 4.69) is 5.32 Å². The molecule has 1 rings (SSSR count). The minimum Gasteiger partial charge on any atom is -0.502 e. The van der Waals surface area contributed by atoms with Crippen molar-refractivity contribution in [2.45, 2.75) is 6.54 Å². The highest BCUT2D eigenvalue weighted by Gasteiger charge is 2.10. The Morgan fingerprint density at radius 1 is 1.21 bits per heavy atom. The van der Waals surface area contributed by atoms with Crippen molar-refractivity contribution in [2.75, 3.05) is 21.3 Å². The number of benzene rings is 1. The summed E-state index contributed by atoms with van der Waals surface area (Å²) in [7, 11) is 4.88. The fourth-order valence-corrected chi connectivity index (χ4v) is 1.25. The number of aromatic hydroxyl groups is 1. The molecule has 0 heterocycles. The van der Waals surface area contributed by atoms with E-state index < -0.39 is 0 Å². The standard InChI is InChI=1S/C10H15NO3/c1-11-6-7-4-8(13-2)10(12)9(5-7)14-3/h4-5,11-12H,6H2,1-3H3. The number of phenols is 1. The zero-order valence-electron chi connectivity index (χ0n) is 8.63. The third kappa shape index (κ3) is 2.09. The zero-order chi connectivity index (χ0) is 10.6. The molecule has 4 nitrogen and oxygen atoms in total. The van der Waals surface area contributed by atoms with E-state index in [4.69, 9.17) is 9.47 Å². The molecule has 0 aliphatic heterocycles. The first-order chi connectivity index (χ1) is 6.72. The largest absolute Gasteiger partial charge is 0.502 e. The van der Waals surface area contributed by atoms with Crippen molar-refractivity contribution in [1.29, 1.82) is 0 Å². The first kappa shape index (κ1) is 10.7. The first-order valence-corrected chi connectivity index (χ1v) is 4.31. The van der Waals surface area contributed by atoms with Crippen LogP contribution in [0.3, 0.4) is 0 Å². The second kappa shape index (κ2) is 4.72. The summed E-state index contributed by atoms with van der Waals surface area (Å²) in [5.41, 5.74) is 0.999. The van der Waals surface area contributed by atoms with Gasteiger partial charge in [0.15, 0.2) is 11.5 Å². The quantitative estimate of drug-likeness (QED) is 0.759. The highest BCUT2D eigenvalue weighted by molar-refractivity contribution is 5.52. The second-order valence-electron chi connectivity index (χ2n) is 2.88. The van der Waals surface area contributed by atoms with Crippen LogP contribution in [0.5, 0.6) is 17.2 Å². The Bertz CT molecular complexity index is 287. The molecule has 0 bridgehead atoms. The van der Waals surface area contributed by atoms with Gasteiger partial charge in [-0.15, -0.1) is 0 Å². The summed E-state index contributed by atoms with van der Waals surface area (Å²) < 4.78 is 10.0. The average Bonchev–Trinajstić information content (AvgIpc) is 2.20. The van der Waals surface area contributed by atoms with Crippen molar-refractivity contribution in [1.82, 2.24) is 5.32 Å². The molecular formula is C10H15NO3. The Morgan fingerprint density at radius 3 is 2.07 bits per heavy atom. The van der Waals surface area contributed by atoms with E-state index in [1.807, 2.05) is 7.05 Å². The third-order valence-corrected chi connectivity index (χ3v) is 1.92. The topological polar surface area (TPSA) is 50.7 Å². The molecular weight excluding hydrogens is 182 g/mol. The maximum Gasteiger partial charge on any atom is 0.200 e. The molecule has 0 saturated heterocycles. The third-order valence-electron chi connectivity index (χ3n) is 1.92. The lowest BCUT2D eigenvalue weighted by Gasteiger charge is -2.10. The molecule has 2 N–H and O–H groups in total. The molecule has 0 radical (unpaired) electrons. The molecule has 0 saturated carbocycles. The van der Waals surface area contributed by atoms with Gasteiger partial charge >= 0.3 is 0 Å². The van der Waals surface area contributed by atoms with Gasteiger partial charge in [0.05, 0.1) is 14.2 Å². The lowest BCUT2D eigenvalue weighted by atomic mass is 10.2. The summed E-state index contributed by atoms with van der Waals surface area (Å²) in [5, 5.41) is 12.6. The summed E-state index contributed by atoms with van der Waals surface area (Å²) in [4.78, 5) is 0. The highest BCUT2D eigenvalue weighted by atomic mass is 16.5. The average molecular weight is 197 g/mol. The van der Waals surface area contributed by atoms with Crippen molar-refractivity contribution in [2.24, 2.45) is 0 Å². The molecule has 0 fully saturated rings. The van der Waals surface area contributed by atoms with Crippen LogP contribution in [0.4, 0.5) is 0 Å². The highest BCUT2D eigenvalue weighted by Crippen LogP contribution is 2.36. The van der Waals surface area contributed by atoms with E-state index >= 15 is 0 Å². The van der Waals surface area contributed by atoms with Crippen LogP contribution in [0.15, 0.2) is 12.1 Å². The maximum atomic E-state index is 9.61. The fraction of sp³-hybridized carbons (Fsp3) is 0.400. The molecule has 0 aromatic heterocycles. The van der Waals surface area contributed by atoms with Gasteiger partial charge in [-0.1, -0.05) is 0 Å². The number of methoxy groups -OCH3 is 2. The van der Waals surface area contributed by atoms with Gasteiger partial charge in [-0.05, 0) is 24.7 Å². The number of ether oxygens (including phenoxy) is 2. The van der Waals surface area contributed by atoms with E-state index in [-0.39, 0.29) is 5.75 Å². The molecule has 14 heavy (non-hydrogen) atoms. The maximum absolute atomic E-state index is 9.61. The lowest BCUT2D eigenvalue weighted by molar-refractivity contribution is 0.339. The minimum absolute atomic E-state index is 0.0369. The van der Waals surface area contributed by atoms with E-state index in [9.17, 15) is 5.11 Å². The van der Waals surface area contributed by atoms with Crippen LogP contribution >= 0.6 is 0 Å². The van der Waals surface area contributed by atoms with Gasteiger partial charge in [0.2, 0.25) is 5.75 Å². The minimum atomic E-state index is 0.0369. The van der Waals surface area contributed by atoms with Crippen LogP contribution in [0.25, 0.3) is 0 Å².